The number of pyridine rings is 1. The van der Waals surface area contributed by atoms with Crippen LogP contribution in [0.15, 0.2) is 18.3 Å². The molecule has 1 aliphatic carbocycles. The third-order valence-corrected chi connectivity index (χ3v) is 2.98. The van der Waals surface area contributed by atoms with Crippen LogP contribution in [-0.4, -0.2) is 16.9 Å². The summed E-state index contributed by atoms with van der Waals surface area (Å²) in [6.07, 6.45) is 6.22. The molecule has 0 unspecified atom stereocenters. The number of rotatable bonds is 3. The molecule has 0 spiro atoms. The first-order chi connectivity index (χ1) is 7.79. The van der Waals surface area contributed by atoms with Crippen molar-refractivity contribution >= 4 is 5.91 Å². The summed E-state index contributed by atoms with van der Waals surface area (Å²) >= 11 is 0. The number of nitrogens with zero attached hydrogens (tertiary/aromatic N) is 1. The molecule has 0 saturated heterocycles. The average Bonchev–Trinajstić information content (AvgIpc) is 2.82. The highest BCUT2D eigenvalue weighted by atomic mass is 16.1. The molecule has 86 valence electrons. The third-order valence-electron chi connectivity index (χ3n) is 2.98. The van der Waals surface area contributed by atoms with Gasteiger partial charge in [-0.15, -0.1) is 0 Å². The molecule has 3 N–H and O–H groups in total. The van der Waals surface area contributed by atoms with E-state index >= 15 is 0 Å². The number of nitrogens with two attached hydrogens (primary N) is 1. The maximum absolute atomic E-state index is 11.9. The van der Waals surface area contributed by atoms with Gasteiger partial charge in [0.25, 0.3) is 5.91 Å². The first-order valence-corrected chi connectivity index (χ1v) is 5.75. The molecule has 2 rings (SSSR count). The molecule has 1 amide bonds. The summed E-state index contributed by atoms with van der Waals surface area (Å²) in [5.41, 5.74) is 6.93. The van der Waals surface area contributed by atoms with Gasteiger partial charge in [0.05, 0.1) is 0 Å². The van der Waals surface area contributed by atoms with Gasteiger partial charge in [-0.1, -0.05) is 12.8 Å². The van der Waals surface area contributed by atoms with Crippen molar-refractivity contribution in [2.75, 3.05) is 0 Å². The van der Waals surface area contributed by atoms with Crippen molar-refractivity contribution in [2.24, 2.45) is 5.73 Å². The summed E-state index contributed by atoms with van der Waals surface area (Å²) < 4.78 is 0. The lowest BCUT2D eigenvalue weighted by atomic mass is 10.2. The largest absolute Gasteiger partial charge is 0.348 e. The SMILES string of the molecule is NCc1ccnc(C(=O)NC2CCCC2)c1. The molecule has 4 heteroatoms. The van der Waals surface area contributed by atoms with Crippen LogP contribution in [0.4, 0.5) is 0 Å². The minimum atomic E-state index is -0.0813. The highest BCUT2D eigenvalue weighted by molar-refractivity contribution is 5.92. The highest BCUT2D eigenvalue weighted by Gasteiger charge is 2.18. The fourth-order valence-electron chi connectivity index (χ4n) is 2.05. The Hall–Kier alpha value is -1.42. The fraction of sp³-hybridized carbons (Fsp3) is 0.500. The number of carbonyl (C=O) groups is 1. The average molecular weight is 219 g/mol. The van der Waals surface area contributed by atoms with Crippen LogP contribution in [0, 0.1) is 0 Å². The van der Waals surface area contributed by atoms with Crippen molar-refractivity contribution < 1.29 is 4.79 Å². The molecule has 1 saturated carbocycles. The summed E-state index contributed by atoms with van der Waals surface area (Å²) in [5.74, 6) is -0.0813. The zero-order valence-corrected chi connectivity index (χ0v) is 9.28. The van der Waals surface area contributed by atoms with Crippen LogP contribution in [0.5, 0.6) is 0 Å². The fourth-order valence-corrected chi connectivity index (χ4v) is 2.05. The summed E-state index contributed by atoms with van der Waals surface area (Å²) in [7, 11) is 0. The molecule has 1 aliphatic rings. The smallest absolute Gasteiger partial charge is 0.270 e. The van der Waals surface area contributed by atoms with Gasteiger partial charge in [-0.05, 0) is 30.5 Å². The van der Waals surface area contributed by atoms with Gasteiger partial charge in [0.15, 0.2) is 0 Å². The van der Waals surface area contributed by atoms with Gasteiger partial charge in [0, 0.05) is 18.8 Å². The summed E-state index contributed by atoms with van der Waals surface area (Å²) in [6.45, 7) is 0.437. The molecule has 1 fully saturated rings. The molecule has 16 heavy (non-hydrogen) atoms. The Bertz CT molecular complexity index is 372. The van der Waals surface area contributed by atoms with E-state index in [1.165, 1.54) is 12.8 Å². The molecule has 1 aromatic rings. The lowest BCUT2D eigenvalue weighted by Gasteiger charge is -2.11. The van der Waals surface area contributed by atoms with E-state index in [0.717, 1.165) is 18.4 Å². The molecular formula is C12H17N3O. The Balaban J connectivity index is 2.01. The van der Waals surface area contributed by atoms with Gasteiger partial charge in [-0.25, -0.2) is 0 Å². The van der Waals surface area contributed by atoms with Crippen molar-refractivity contribution in [2.45, 2.75) is 38.3 Å². The van der Waals surface area contributed by atoms with Crippen LogP contribution in [0.1, 0.15) is 41.7 Å². The molecule has 0 aromatic carbocycles. The Kier molecular flexibility index (Phi) is 3.51. The van der Waals surface area contributed by atoms with E-state index in [1.807, 2.05) is 6.07 Å². The second kappa shape index (κ2) is 5.07. The van der Waals surface area contributed by atoms with Crippen molar-refractivity contribution in [3.05, 3.63) is 29.6 Å². The maximum atomic E-state index is 11.9. The van der Waals surface area contributed by atoms with Crippen LogP contribution < -0.4 is 11.1 Å². The Morgan fingerprint density at radius 3 is 2.94 bits per heavy atom. The first-order valence-electron chi connectivity index (χ1n) is 5.75. The molecular weight excluding hydrogens is 202 g/mol. The van der Waals surface area contributed by atoms with E-state index in [1.54, 1.807) is 12.3 Å². The van der Waals surface area contributed by atoms with E-state index in [2.05, 4.69) is 10.3 Å². The Morgan fingerprint density at radius 2 is 2.25 bits per heavy atom. The number of hydrogen-bond acceptors (Lipinski definition) is 3. The lowest BCUT2D eigenvalue weighted by Crippen LogP contribution is -2.33. The number of carbonyl (C=O) groups excluding carboxylic acids is 1. The minimum Gasteiger partial charge on any atom is -0.348 e. The van der Waals surface area contributed by atoms with E-state index in [-0.39, 0.29) is 5.91 Å². The predicted octanol–water partition coefficient (Wildman–Crippen LogP) is 1.21. The molecule has 1 aromatic heterocycles. The maximum Gasteiger partial charge on any atom is 0.270 e. The van der Waals surface area contributed by atoms with Crippen LogP contribution in [-0.2, 0) is 6.54 Å². The van der Waals surface area contributed by atoms with Gasteiger partial charge in [0.1, 0.15) is 5.69 Å². The van der Waals surface area contributed by atoms with Crippen LogP contribution in [0.3, 0.4) is 0 Å². The monoisotopic (exact) mass is 219 g/mol. The molecule has 4 nitrogen and oxygen atoms in total. The lowest BCUT2D eigenvalue weighted by molar-refractivity contribution is 0.0932. The normalized spacial score (nSPS) is 16.3. The Morgan fingerprint density at radius 1 is 1.50 bits per heavy atom. The molecule has 0 atom stereocenters. The van der Waals surface area contributed by atoms with E-state index in [9.17, 15) is 4.79 Å². The Labute approximate surface area is 95.3 Å². The third kappa shape index (κ3) is 2.58. The van der Waals surface area contributed by atoms with Gasteiger partial charge >= 0.3 is 0 Å². The number of nitrogens with one attached hydrogen (secondary N) is 1. The number of amides is 1. The van der Waals surface area contributed by atoms with Crippen LogP contribution in [0.25, 0.3) is 0 Å². The molecule has 0 aliphatic heterocycles. The molecule has 0 radical (unpaired) electrons. The minimum absolute atomic E-state index is 0.0813. The van der Waals surface area contributed by atoms with Gasteiger partial charge < -0.3 is 11.1 Å². The van der Waals surface area contributed by atoms with Crippen molar-refractivity contribution in [1.29, 1.82) is 0 Å². The van der Waals surface area contributed by atoms with Crippen molar-refractivity contribution in [3.63, 3.8) is 0 Å². The highest BCUT2D eigenvalue weighted by Crippen LogP contribution is 2.17. The van der Waals surface area contributed by atoms with Crippen molar-refractivity contribution in [3.8, 4) is 0 Å². The van der Waals surface area contributed by atoms with Gasteiger partial charge in [-0.2, -0.15) is 0 Å². The zero-order valence-electron chi connectivity index (χ0n) is 9.28. The standard InChI is InChI=1S/C12H17N3O/c13-8-9-5-6-14-11(7-9)12(16)15-10-3-1-2-4-10/h5-7,10H,1-4,8,13H2,(H,15,16). The van der Waals surface area contributed by atoms with Crippen LogP contribution >= 0.6 is 0 Å². The summed E-state index contributed by atoms with van der Waals surface area (Å²) in [4.78, 5) is 15.9. The second-order valence-electron chi connectivity index (χ2n) is 4.21. The van der Waals surface area contributed by atoms with Crippen molar-refractivity contribution in [1.82, 2.24) is 10.3 Å². The van der Waals surface area contributed by atoms with E-state index in [0.29, 0.717) is 18.3 Å². The van der Waals surface area contributed by atoms with E-state index in [4.69, 9.17) is 5.73 Å². The number of aromatic nitrogens is 1. The second-order valence-corrected chi connectivity index (χ2v) is 4.21. The predicted molar refractivity (Wildman–Crippen MR) is 61.9 cm³/mol. The quantitative estimate of drug-likeness (QED) is 0.803. The van der Waals surface area contributed by atoms with Crippen LogP contribution in [0.2, 0.25) is 0 Å². The van der Waals surface area contributed by atoms with E-state index < -0.39 is 0 Å². The molecule has 1 heterocycles. The zero-order chi connectivity index (χ0) is 11.4. The van der Waals surface area contributed by atoms with Gasteiger partial charge in [-0.3, -0.25) is 9.78 Å². The first kappa shape index (κ1) is 11.1. The molecule has 0 bridgehead atoms. The number of hydrogen-bond donors (Lipinski definition) is 2. The summed E-state index contributed by atoms with van der Waals surface area (Å²) in [5, 5.41) is 3.00. The summed E-state index contributed by atoms with van der Waals surface area (Å²) in [6, 6.07) is 3.91. The topological polar surface area (TPSA) is 68.0 Å². The van der Waals surface area contributed by atoms with Gasteiger partial charge in [0.2, 0.25) is 0 Å².